The van der Waals surface area contributed by atoms with Crippen LogP contribution in [0.15, 0.2) is 0 Å². The predicted octanol–water partition coefficient (Wildman–Crippen LogP) is -1.62. The molecule has 0 aliphatic rings. The van der Waals surface area contributed by atoms with Crippen LogP contribution in [0.4, 0.5) is 0 Å². The molecule has 29 valence electrons. The summed E-state index contributed by atoms with van der Waals surface area (Å²) >= 11 is 0. The zero-order valence-corrected chi connectivity index (χ0v) is 8.20. The minimum atomic E-state index is 0. The zero-order valence-electron chi connectivity index (χ0n) is 5.08. The van der Waals surface area contributed by atoms with Crippen molar-refractivity contribution in [3.05, 3.63) is 0 Å². The summed E-state index contributed by atoms with van der Waals surface area (Å²) in [4.78, 5) is 0. The Morgan fingerprint density at radius 2 is 1.17 bits per heavy atom. The van der Waals surface area contributed by atoms with Gasteiger partial charge in [-0.1, -0.05) is 20.8 Å². The minimum Gasteiger partial charge on any atom is -0.618 e. The van der Waals surface area contributed by atoms with Crippen LogP contribution in [-0.2, 0) is 0 Å². The smallest absolute Gasteiger partial charge is 0.618 e. The Morgan fingerprint density at radius 1 is 1.17 bits per heavy atom. The van der Waals surface area contributed by atoms with Crippen molar-refractivity contribution in [3.8, 4) is 0 Å². The van der Waals surface area contributed by atoms with Crippen LogP contribution < -0.4 is 51.4 Å². The third kappa shape index (κ3) is 43.5. The fraction of sp³-hybridized carbons (Fsp3) is 1.00. The fourth-order valence-corrected chi connectivity index (χ4v) is 0. The maximum Gasteiger partial charge on any atom is 1.00 e. The fourth-order valence-electron chi connectivity index (χ4n) is 0. The van der Waals surface area contributed by atoms with Gasteiger partial charge in [0.25, 0.3) is 0 Å². The molecule has 0 heterocycles. The standard InChI is InChI=1S/C4H9B.K/c1-4(2,3)5;/h1-3H3;/q-1;+1. The van der Waals surface area contributed by atoms with E-state index in [1.165, 1.54) is 0 Å². The molecule has 0 rings (SSSR count). The Bertz CT molecular complexity index is 23.0. The Balaban J connectivity index is 0. The monoisotopic (exact) mass is 107 g/mol. The van der Waals surface area contributed by atoms with Crippen molar-refractivity contribution < 1.29 is 51.4 Å². The Labute approximate surface area is 83.9 Å². The largest absolute Gasteiger partial charge is 1.00 e. The van der Waals surface area contributed by atoms with Crippen LogP contribution in [0.3, 0.4) is 0 Å². The van der Waals surface area contributed by atoms with Gasteiger partial charge in [-0.3, -0.25) is 5.31 Å². The summed E-state index contributed by atoms with van der Waals surface area (Å²) in [6.45, 7) is 5.90. The van der Waals surface area contributed by atoms with Crippen LogP contribution in [0, 0.1) is 0 Å². The molecule has 0 aromatic rings. The quantitative estimate of drug-likeness (QED) is 0.326. The third-order valence-corrected chi connectivity index (χ3v) is 0. The van der Waals surface area contributed by atoms with E-state index in [0.717, 1.165) is 0 Å². The molecule has 0 aromatic carbocycles. The number of hydrogen-bond acceptors (Lipinski definition) is 0. The molecule has 0 nitrogen and oxygen atoms in total. The molecule has 0 fully saturated rings. The summed E-state index contributed by atoms with van der Waals surface area (Å²) in [7, 11) is 5.35. The van der Waals surface area contributed by atoms with E-state index in [0.29, 0.717) is 0 Å². The summed E-state index contributed by atoms with van der Waals surface area (Å²) in [5.41, 5.74) is 0. The van der Waals surface area contributed by atoms with Crippen molar-refractivity contribution in [2.45, 2.75) is 26.1 Å². The van der Waals surface area contributed by atoms with Crippen LogP contribution in [0.5, 0.6) is 0 Å². The first-order valence-electron chi connectivity index (χ1n) is 1.79. The van der Waals surface area contributed by atoms with Gasteiger partial charge in [0.1, 0.15) is 0 Å². The Morgan fingerprint density at radius 3 is 1.17 bits per heavy atom. The van der Waals surface area contributed by atoms with Crippen LogP contribution in [-0.4, -0.2) is 7.85 Å². The van der Waals surface area contributed by atoms with Crippen molar-refractivity contribution in [2.75, 3.05) is 0 Å². The van der Waals surface area contributed by atoms with Gasteiger partial charge in [0.2, 0.25) is 0 Å². The first kappa shape index (κ1) is 10.6. The van der Waals surface area contributed by atoms with E-state index < -0.39 is 0 Å². The van der Waals surface area contributed by atoms with E-state index in [1.807, 2.05) is 20.8 Å². The summed E-state index contributed by atoms with van der Waals surface area (Å²) in [6.07, 6.45) is 0. The predicted molar refractivity (Wildman–Crippen MR) is 25.5 cm³/mol. The molecule has 0 aliphatic carbocycles. The van der Waals surface area contributed by atoms with Crippen molar-refractivity contribution in [1.82, 2.24) is 0 Å². The summed E-state index contributed by atoms with van der Waals surface area (Å²) in [6, 6.07) is 0. The maximum absolute atomic E-state index is 5.35. The van der Waals surface area contributed by atoms with Gasteiger partial charge < -0.3 is 7.85 Å². The van der Waals surface area contributed by atoms with Crippen LogP contribution >= 0.6 is 0 Å². The zero-order chi connectivity index (χ0) is 4.50. The van der Waals surface area contributed by atoms with Gasteiger partial charge in [-0.25, -0.2) is 0 Å². The van der Waals surface area contributed by atoms with E-state index in [-0.39, 0.29) is 56.7 Å². The van der Waals surface area contributed by atoms with Gasteiger partial charge in [0, 0.05) is 0 Å². The number of rotatable bonds is 0. The second-order valence-corrected chi connectivity index (χ2v) is 2.37. The topological polar surface area (TPSA) is 0 Å². The van der Waals surface area contributed by atoms with Gasteiger partial charge in [-0.2, -0.15) is 0 Å². The second kappa shape index (κ2) is 3.67. The molecule has 0 spiro atoms. The molecule has 0 aliphatic heterocycles. The molecular formula is C4H9BK. The normalized spacial score (nSPS) is 10.0. The molecule has 0 atom stereocenters. The van der Waals surface area contributed by atoms with Crippen molar-refractivity contribution in [3.63, 3.8) is 0 Å². The van der Waals surface area contributed by atoms with Gasteiger partial charge >= 0.3 is 51.4 Å². The molecule has 0 bridgehead atoms. The molecule has 6 heavy (non-hydrogen) atoms. The van der Waals surface area contributed by atoms with Gasteiger partial charge in [0.15, 0.2) is 0 Å². The first-order valence-corrected chi connectivity index (χ1v) is 1.79. The first-order chi connectivity index (χ1) is 2.00. The van der Waals surface area contributed by atoms with Gasteiger partial charge in [0.05, 0.1) is 0 Å². The van der Waals surface area contributed by atoms with E-state index in [9.17, 15) is 0 Å². The summed E-state index contributed by atoms with van der Waals surface area (Å²) in [5.74, 6) is 0. The maximum atomic E-state index is 5.35. The molecule has 0 unspecified atom stereocenters. The molecular weight excluding hydrogens is 98.0 g/mol. The van der Waals surface area contributed by atoms with Crippen LogP contribution in [0.2, 0.25) is 5.31 Å². The average molecular weight is 107 g/mol. The van der Waals surface area contributed by atoms with Crippen LogP contribution in [0.25, 0.3) is 0 Å². The summed E-state index contributed by atoms with van der Waals surface area (Å²) in [5, 5.41) is 0. The average Bonchev–Trinajstić information content (AvgIpc) is 0.722. The van der Waals surface area contributed by atoms with E-state index in [1.54, 1.807) is 0 Å². The molecule has 0 amide bonds. The molecule has 0 N–H and O–H groups in total. The Hall–Kier alpha value is 1.70. The third-order valence-electron chi connectivity index (χ3n) is 0. The Kier molecular flexibility index (Phi) is 6.51. The number of hydrogen-bond donors (Lipinski definition) is 0. The summed E-state index contributed by atoms with van der Waals surface area (Å²) < 4.78 is 0. The van der Waals surface area contributed by atoms with Crippen LogP contribution in [0.1, 0.15) is 20.8 Å². The molecule has 0 aromatic heterocycles. The van der Waals surface area contributed by atoms with Crippen molar-refractivity contribution in [1.29, 1.82) is 0 Å². The SMILES string of the molecule is [B-]C(C)(C)C.[K+]. The molecule has 0 saturated heterocycles. The van der Waals surface area contributed by atoms with E-state index in [2.05, 4.69) is 0 Å². The van der Waals surface area contributed by atoms with E-state index >= 15 is 0 Å². The van der Waals surface area contributed by atoms with Crippen molar-refractivity contribution >= 4 is 7.85 Å². The molecule has 2 heteroatoms. The molecule has 3 radical (unpaired) electrons. The van der Waals surface area contributed by atoms with Crippen molar-refractivity contribution in [2.24, 2.45) is 0 Å². The minimum absolute atomic E-state index is 0. The molecule has 0 saturated carbocycles. The van der Waals surface area contributed by atoms with Gasteiger partial charge in [-0.15, -0.1) is 0 Å². The van der Waals surface area contributed by atoms with Gasteiger partial charge in [-0.05, 0) is 0 Å². The van der Waals surface area contributed by atoms with E-state index in [4.69, 9.17) is 7.85 Å². The second-order valence-electron chi connectivity index (χ2n) is 2.37.